The highest BCUT2D eigenvalue weighted by Crippen LogP contribution is 2.26. The lowest BCUT2D eigenvalue weighted by Crippen LogP contribution is -2.56. The summed E-state index contributed by atoms with van der Waals surface area (Å²) in [6.45, 7) is 4.94. The zero-order chi connectivity index (χ0) is 29.4. The first kappa shape index (κ1) is 29.6. The molecule has 2 aromatic carbocycles. The van der Waals surface area contributed by atoms with Crippen LogP contribution in [-0.2, 0) is 16.1 Å². The number of amides is 3. The minimum absolute atomic E-state index is 0.0785. The predicted molar refractivity (Wildman–Crippen MR) is 156 cm³/mol. The zero-order valence-corrected chi connectivity index (χ0v) is 23.7. The van der Waals surface area contributed by atoms with Crippen LogP contribution in [0.25, 0.3) is 10.9 Å². The maximum Gasteiger partial charge on any atom is 0.268 e. The number of aromatic nitrogens is 1. The summed E-state index contributed by atoms with van der Waals surface area (Å²) < 4.78 is 5.40. The molecule has 1 fully saturated rings. The van der Waals surface area contributed by atoms with Crippen LogP contribution in [0.4, 0.5) is 0 Å². The first-order chi connectivity index (χ1) is 19.8. The van der Waals surface area contributed by atoms with Crippen LogP contribution in [0.1, 0.15) is 49.2 Å². The Kier molecular flexibility index (Phi) is 9.98. The number of fused-ring (bicyclic) bond motifs is 1. The molecule has 1 saturated heterocycles. The van der Waals surface area contributed by atoms with Gasteiger partial charge >= 0.3 is 0 Å². The van der Waals surface area contributed by atoms with Crippen LogP contribution in [0.3, 0.4) is 0 Å². The number of carbonyl (C=O) groups excluding carboxylic acids is 3. The van der Waals surface area contributed by atoms with Gasteiger partial charge in [0.2, 0.25) is 11.8 Å². The van der Waals surface area contributed by atoms with Crippen molar-refractivity contribution < 1.29 is 19.1 Å². The van der Waals surface area contributed by atoms with E-state index in [1.807, 2.05) is 62.4 Å². The Hall–Kier alpha value is -4.36. The molecule has 5 N–H and O–H groups in total. The molecule has 4 rings (SSSR count). The number of nitriles is 1. The molecule has 0 radical (unpaired) electrons. The third-order valence-corrected chi connectivity index (χ3v) is 7.36. The Balaban J connectivity index is 1.52. The molecule has 10 nitrogen and oxygen atoms in total. The topological polar surface area (TPSA) is 148 Å². The summed E-state index contributed by atoms with van der Waals surface area (Å²) in [6, 6.07) is 16.9. The van der Waals surface area contributed by atoms with Crippen LogP contribution in [0, 0.1) is 23.2 Å². The quantitative estimate of drug-likeness (QED) is 0.218. The Morgan fingerprint density at radius 2 is 1.90 bits per heavy atom. The van der Waals surface area contributed by atoms with E-state index in [2.05, 4.69) is 32.3 Å². The number of ether oxygens (including phenoxy) is 1. The zero-order valence-electron chi connectivity index (χ0n) is 23.7. The second-order valence-corrected chi connectivity index (χ2v) is 10.9. The lowest BCUT2D eigenvalue weighted by molar-refractivity contribution is -0.126. The fourth-order valence-corrected chi connectivity index (χ4v) is 5.21. The van der Waals surface area contributed by atoms with Crippen molar-refractivity contribution in [2.45, 2.75) is 57.8 Å². The van der Waals surface area contributed by atoms with Gasteiger partial charge in [-0.2, -0.15) is 5.26 Å². The van der Waals surface area contributed by atoms with E-state index in [0.29, 0.717) is 43.8 Å². The number of hydrogen-bond donors (Lipinski definition) is 5. The maximum atomic E-state index is 13.7. The molecule has 3 amide bonds. The van der Waals surface area contributed by atoms with Crippen LogP contribution in [-0.4, -0.2) is 54.5 Å². The Bertz CT molecular complexity index is 1400. The van der Waals surface area contributed by atoms with Gasteiger partial charge in [0.25, 0.3) is 5.91 Å². The van der Waals surface area contributed by atoms with E-state index in [1.54, 1.807) is 13.2 Å². The predicted octanol–water partition coefficient (Wildman–Crippen LogP) is 3.01. The smallest absolute Gasteiger partial charge is 0.268 e. The van der Waals surface area contributed by atoms with Gasteiger partial charge in [0.15, 0.2) is 0 Å². The van der Waals surface area contributed by atoms with Crippen molar-refractivity contribution in [3.8, 4) is 11.8 Å². The van der Waals surface area contributed by atoms with E-state index in [9.17, 15) is 19.6 Å². The second kappa shape index (κ2) is 13.8. The number of nitrogens with one attached hydrogen (secondary N) is 5. The Morgan fingerprint density at radius 1 is 1.12 bits per heavy atom. The average Bonchev–Trinajstić information content (AvgIpc) is 3.59. The first-order valence-corrected chi connectivity index (χ1v) is 14.0. The second-order valence-electron chi connectivity index (χ2n) is 10.9. The number of benzene rings is 2. The monoisotopic (exact) mass is 558 g/mol. The molecular weight excluding hydrogens is 520 g/mol. The minimum atomic E-state index is -0.843. The molecule has 2 heterocycles. The summed E-state index contributed by atoms with van der Waals surface area (Å²) in [5.41, 5.74) is 2.05. The fraction of sp³-hybridized carbons (Fsp3) is 0.419. The van der Waals surface area contributed by atoms with Gasteiger partial charge in [-0.15, -0.1) is 0 Å². The highest BCUT2D eigenvalue weighted by atomic mass is 16.5. The fourth-order valence-electron chi connectivity index (χ4n) is 5.21. The lowest BCUT2D eigenvalue weighted by Gasteiger charge is -2.29. The van der Waals surface area contributed by atoms with Crippen molar-refractivity contribution in [3.63, 3.8) is 0 Å². The highest BCUT2D eigenvalue weighted by molar-refractivity contribution is 6.01. The van der Waals surface area contributed by atoms with Crippen molar-refractivity contribution in [3.05, 3.63) is 65.9 Å². The van der Waals surface area contributed by atoms with Crippen molar-refractivity contribution in [2.75, 3.05) is 13.7 Å². The Labute approximate surface area is 240 Å². The van der Waals surface area contributed by atoms with E-state index < -0.39 is 29.9 Å². The summed E-state index contributed by atoms with van der Waals surface area (Å²) in [5, 5.41) is 22.8. The number of H-pyrrole nitrogens is 1. The molecule has 4 atom stereocenters. The number of methoxy groups -OCH3 is 1. The summed E-state index contributed by atoms with van der Waals surface area (Å²) in [4.78, 5) is 42.5. The van der Waals surface area contributed by atoms with E-state index >= 15 is 0 Å². The molecule has 1 aliphatic rings. The van der Waals surface area contributed by atoms with Crippen molar-refractivity contribution >= 4 is 28.6 Å². The van der Waals surface area contributed by atoms with Gasteiger partial charge in [0.1, 0.15) is 23.5 Å². The standard InChI is InChI=1S/C31H38N6O4/c1-19(2)14-25(37-31(40)26-16-22-23(35-26)10-7-11-28(22)41-3)30(39)36-24(15-21-12-13-33-29(21)38)27(17-32)34-18-20-8-5-4-6-9-20/h4-11,16,19,21,24-25,27,34-35H,12-15,18H2,1-3H3,(H,33,38)(H,36,39)(H,37,40)/t21-,24-,25-,27-/m0/s1. The molecule has 0 bridgehead atoms. The molecule has 3 aromatic rings. The van der Waals surface area contributed by atoms with Crippen LogP contribution in [0.2, 0.25) is 0 Å². The Morgan fingerprint density at radius 3 is 2.56 bits per heavy atom. The molecule has 0 spiro atoms. The summed E-state index contributed by atoms with van der Waals surface area (Å²) in [6.07, 6.45) is 1.34. The third kappa shape index (κ3) is 7.64. The average molecular weight is 559 g/mol. The molecule has 1 aromatic heterocycles. The molecule has 41 heavy (non-hydrogen) atoms. The number of rotatable bonds is 13. The largest absolute Gasteiger partial charge is 0.496 e. The van der Waals surface area contributed by atoms with Crippen molar-refractivity contribution in [1.29, 1.82) is 5.26 Å². The summed E-state index contributed by atoms with van der Waals surface area (Å²) in [7, 11) is 1.57. The van der Waals surface area contributed by atoms with Crippen LogP contribution < -0.4 is 26.0 Å². The van der Waals surface area contributed by atoms with Gasteiger partial charge in [-0.05, 0) is 48.9 Å². The molecule has 0 saturated carbocycles. The van der Waals surface area contributed by atoms with E-state index in [-0.39, 0.29) is 17.7 Å². The normalized spacial score (nSPS) is 17.0. The van der Waals surface area contributed by atoms with E-state index in [1.165, 1.54) is 0 Å². The number of nitrogens with zero attached hydrogens (tertiary/aromatic N) is 1. The van der Waals surface area contributed by atoms with Crippen LogP contribution in [0.5, 0.6) is 5.75 Å². The first-order valence-electron chi connectivity index (χ1n) is 14.0. The van der Waals surface area contributed by atoms with Crippen molar-refractivity contribution in [1.82, 2.24) is 26.3 Å². The minimum Gasteiger partial charge on any atom is -0.496 e. The van der Waals surface area contributed by atoms with Gasteiger partial charge < -0.3 is 25.7 Å². The van der Waals surface area contributed by atoms with Gasteiger partial charge in [0, 0.05) is 29.9 Å². The van der Waals surface area contributed by atoms with Crippen LogP contribution >= 0.6 is 0 Å². The lowest BCUT2D eigenvalue weighted by atomic mass is 9.93. The van der Waals surface area contributed by atoms with Crippen LogP contribution in [0.15, 0.2) is 54.6 Å². The van der Waals surface area contributed by atoms with Gasteiger partial charge in [0.05, 0.1) is 19.2 Å². The number of carbonyl (C=O) groups is 3. The summed E-state index contributed by atoms with van der Waals surface area (Å²) in [5.74, 6) is -0.463. The van der Waals surface area contributed by atoms with Gasteiger partial charge in [-0.1, -0.05) is 50.2 Å². The molecule has 10 heteroatoms. The number of hydrogen-bond acceptors (Lipinski definition) is 6. The maximum absolute atomic E-state index is 13.7. The third-order valence-electron chi connectivity index (χ3n) is 7.36. The molecule has 1 aliphatic heterocycles. The van der Waals surface area contributed by atoms with Gasteiger partial charge in [-0.25, -0.2) is 0 Å². The molecule has 216 valence electrons. The SMILES string of the molecule is COc1cccc2[nH]c(C(=O)N[C@@H](CC(C)C)C(=O)N[C@@H](C[C@@H]3CCNC3=O)[C@H](C#N)NCc3ccccc3)cc12. The molecule has 0 aliphatic carbocycles. The van der Waals surface area contributed by atoms with E-state index in [0.717, 1.165) is 16.5 Å². The molecule has 0 unspecified atom stereocenters. The van der Waals surface area contributed by atoms with Crippen molar-refractivity contribution in [2.24, 2.45) is 11.8 Å². The number of aromatic amines is 1. The summed E-state index contributed by atoms with van der Waals surface area (Å²) >= 11 is 0. The van der Waals surface area contributed by atoms with Gasteiger partial charge in [-0.3, -0.25) is 19.7 Å². The molecular formula is C31H38N6O4. The van der Waals surface area contributed by atoms with E-state index in [4.69, 9.17) is 4.74 Å². The highest BCUT2D eigenvalue weighted by Gasteiger charge is 2.34.